The van der Waals surface area contributed by atoms with Gasteiger partial charge in [0, 0.05) is 34.6 Å². The number of ether oxygens (including phenoxy) is 1. The summed E-state index contributed by atoms with van der Waals surface area (Å²) >= 11 is 1.38. The van der Waals surface area contributed by atoms with E-state index >= 15 is 0 Å². The zero-order chi connectivity index (χ0) is 21.8. The highest BCUT2D eigenvalue weighted by molar-refractivity contribution is 7.22. The van der Waals surface area contributed by atoms with Crippen molar-refractivity contribution >= 4 is 49.6 Å². The van der Waals surface area contributed by atoms with Crippen LogP contribution in [0.2, 0.25) is 0 Å². The number of carbonyl (C=O) groups excluding carboxylic acids is 2. The molecule has 0 aliphatic heterocycles. The van der Waals surface area contributed by atoms with E-state index in [-0.39, 0.29) is 11.8 Å². The normalized spacial score (nSPS) is 14.2. The topological polar surface area (TPSA) is 86.1 Å². The Hall–Kier alpha value is -3.26. The monoisotopic (exact) mass is 434 g/mol. The van der Waals surface area contributed by atoms with Crippen molar-refractivity contribution in [2.45, 2.75) is 39.2 Å². The number of hydrogen-bond acceptors (Lipinski definition) is 6. The number of hydrogen-bond donors (Lipinski definition) is 1. The molecule has 0 unspecified atom stereocenters. The Morgan fingerprint density at radius 2 is 1.87 bits per heavy atom. The minimum absolute atomic E-state index is 0.0410. The Balaban J connectivity index is 1.42. The number of pyridine rings is 1. The van der Waals surface area contributed by atoms with E-state index in [1.54, 1.807) is 12.4 Å². The summed E-state index contributed by atoms with van der Waals surface area (Å²) in [5.74, 6) is 0.175. The van der Waals surface area contributed by atoms with Crippen LogP contribution in [-0.2, 0) is 9.53 Å². The van der Waals surface area contributed by atoms with Gasteiger partial charge in [0.05, 0.1) is 5.69 Å². The van der Waals surface area contributed by atoms with E-state index in [0.29, 0.717) is 5.13 Å². The fourth-order valence-corrected chi connectivity index (χ4v) is 4.15. The molecule has 1 aliphatic carbocycles. The average molecular weight is 435 g/mol. The van der Waals surface area contributed by atoms with Gasteiger partial charge in [0.15, 0.2) is 5.13 Å². The van der Waals surface area contributed by atoms with Gasteiger partial charge in [0.1, 0.15) is 15.9 Å². The minimum Gasteiger partial charge on any atom is -0.443 e. The van der Waals surface area contributed by atoms with E-state index in [0.717, 1.165) is 45.2 Å². The second kappa shape index (κ2) is 7.16. The Bertz CT molecular complexity index is 1330. The molecule has 0 spiro atoms. The van der Waals surface area contributed by atoms with E-state index in [4.69, 9.17) is 9.72 Å². The lowest BCUT2D eigenvalue weighted by atomic mass is 10.1. The molecule has 7 nitrogen and oxygen atoms in total. The van der Waals surface area contributed by atoms with Crippen LogP contribution >= 0.6 is 11.3 Å². The number of carbonyl (C=O) groups is 2. The lowest BCUT2D eigenvalue weighted by Gasteiger charge is -2.19. The number of aromatic nitrogens is 3. The third-order valence-electron chi connectivity index (χ3n) is 4.98. The Morgan fingerprint density at radius 1 is 1.10 bits per heavy atom. The van der Waals surface area contributed by atoms with Crippen molar-refractivity contribution in [1.82, 2.24) is 14.5 Å². The number of nitrogens with zero attached hydrogens (tertiary/aromatic N) is 3. The van der Waals surface area contributed by atoms with E-state index in [2.05, 4.69) is 10.3 Å². The Kier molecular flexibility index (Phi) is 4.55. The molecule has 5 rings (SSSR count). The molecule has 1 aliphatic rings. The average Bonchev–Trinajstić information content (AvgIpc) is 3.34. The standard InChI is InChI=1S/C23H22N4O3S/c1-23(2,3)30-22(29)27-11-15-7-6-14(10-16(15)12-27)17-8-9-18-20(24-17)31-21(25-18)26-19(28)13-4-5-13/h6-13H,4-5H2,1-3H3,(H,25,26,28). The maximum Gasteiger partial charge on any atom is 0.418 e. The van der Waals surface area contributed by atoms with E-state index < -0.39 is 11.7 Å². The predicted octanol–water partition coefficient (Wildman–Crippen LogP) is 5.44. The van der Waals surface area contributed by atoms with Gasteiger partial charge in [-0.3, -0.25) is 9.36 Å². The fraction of sp³-hybridized carbons (Fsp3) is 0.304. The highest BCUT2D eigenvalue weighted by Gasteiger charge is 2.30. The first-order valence-corrected chi connectivity index (χ1v) is 11.0. The zero-order valence-electron chi connectivity index (χ0n) is 17.5. The summed E-state index contributed by atoms with van der Waals surface area (Å²) in [6.07, 6.45) is 5.04. The molecule has 1 aromatic carbocycles. The first-order chi connectivity index (χ1) is 14.7. The van der Waals surface area contributed by atoms with Crippen LogP contribution in [-0.4, -0.2) is 32.1 Å². The largest absolute Gasteiger partial charge is 0.443 e. The van der Waals surface area contributed by atoms with Crippen LogP contribution in [0, 0.1) is 5.92 Å². The number of rotatable bonds is 3. The SMILES string of the molecule is CC(C)(C)OC(=O)n1cc2ccc(-c3ccc4nc(NC(=O)C5CC5)sc4n3)cc2c1. The highest BCUT2D eigenvalue weighted by Crippen LogP contribution is 2.33. The van der Waals surface area contributed by atoms with Crippen LogP contribution in [0.4, 0.5) is 9.93 Å². The number of benzene rings is 1. The summed E-state index contributed by atoms with van der Waals surface area (Å²) in [4.78, 5) is 34.3. The summed E-state index contributed by atoms with van der Waals surface area (Å²) in [6.45, 7) is 5.53. The number of amides is 1. The highest BCUT2D eigenvalue weighted by atomic mass is 32.1. The molecular weight excluding hydrogens is 412 g/mol. The molecule has 158 valence electrons. The zero-order valence-corrected chi connectivity index (χ0v) is 18.3. The van der Waals surface area contributed by atoms with Gasteiger partial charge in [-0.15, -0.1) is 0 Å². The molecule has 0 radical (unpaired) electrons. The van der Waals surface area contributed by atoms with Gasteiger partial charge in [0.2, 0.25) is 5.91 Å². The molecule has 1 N–H and O–H groups in total. The maximum absolute atomic E-state index is 12.3. The summed E-state index contributed by atoms with van der Waals surface area (Å²) in [5, 5.41) is 5.34. The summed E-state index contributed by atoms with van der Waals surface area (Å²) in [6, 6.07) is 9.77. The van der Waals surface area contributed by atoms with Gasteiger partial charge in [-0.2, -0.15) is 0 Å². The molecule has 1 fully saturated rings. The van der Waals surface area contributed by atoms with Gasteiger partial charge in [-0.1, -0.05) is 23.5 Å². The lowest BCUT2D eigenvalue weighted by Crippen LogP contribution is -2.26. The fourth-order valence-electron chi connectivity index (χ4n) is 3.30. The van der Waals surface area contributed by atoms with Gasteiger partial charge >= 0.3 is 6.09 Å². The van der Waals surface area contributed by atoms with Crippen molar-refractivity contribution in [2.24, 2.45) is 5.92 Å². The molecular formula is C23H22N4O3S. The third-order valence-corrected chi connectivity index (χ3v) is 5.86. The van der Waals surface area contributed by atoms with E-state index in [1.165, 1.54) is 15.9 Å². The lowest BCUT2D eigenvalue weighted by molar-refractivity contribution is -0.117. The summed E-state index contributed by atoms with van der Waals surface area (Å²) in [7, 11) is 0. The van der Waals surface area contributed by atoms with Gasteiger partial charge in [-0.05, 0) is 51.8 Å². The molecule has 0 bridgehead atoms. The predicted molar refractivity (Wildman–Crippen MR) is 121 cm³/mol. The molecule has 0 atom stereocenters. The van der Waals surface area contributed by atoms with Gasteiger partial charge < -0.3 is 10.1 Å². The smallest absolute Gasteiger partial charge is 0.418 e. The quantitative estimate of drug-likeness (QED) is 0.464. The maximum atomic E-state index is 12.3. The van der Waals surface area contributed by atoms with Crippen LogP contribution < -0.4 is 5.32 Å². The number of fused-ring (bicyclic) bond motifs is 2. The minimum atomic E-state index is -0.552. The van der Waals surface area contributed by atoms with Gasteiger partial charge in [-0.25, -0.2) is 14.8 Å². The van der Waals surface area contributed by atoms with Crippen LogP contribution in [0.15, 0.2) is 42.7 Å². The summed E-state index contributed by atoms with van der Waals surface area (Å²) < 4.78 is 6.91. The van der Waals surface area contributed by atoms with Crippen LogP contribution in [0.3, 0.4) is 0 Å². The van der Waals surface area contributed by atoms with Crippen LogP contribution in [0.1, 0.15) is 33.6 Å². The van der Waals surface area contributed by atoms with Crippen molar-refractivity contribution in [1.29, 1.82) is 0 Å². The van der Waals surface area contributed by atoms with Crippen LogP contribution in [0.25, 0.3) is 32.4 Å². The molecule has 4 aromatic rings. The van der Waals surface area contributed by atoms with Crippen molar-refractivity contribution in [3.05, 3.63) is 42.7 Å². The number of anilines is 1. The molecule has 31 heavy (non-hydrogen) atoms. The molecule has 8 heteroatoms. The van der Waals surface area contributed by atoms with Crippen molar-refractivity contribution < 1.29 is 14.3 Å². The first-order valence-electron chi connectivity index (χ1n) is 10.2. The van der Waals surface area contributed by atoms with Crippen molar-refractivity contribution in [3.63, 3.8) is 0 Å². The molecule has 1 amide bonds. The van der Waals surface area contributed by atoms with E-state index in [9.17, 15) is 9.59 Å². The molecule has 1 saturated carbocycles. The second-order valence-corrected chi connectivity index (χ2v) is 9.77. The first kappa shape index (κ1) is 19.7. The van der Waals surface area contributed by atoms with Crippen molar-refractivity contribution in [3.8, 4) is 11.3 Å². The molecule has 3 heterocycles. The van der Waals surface area contributed by atoms with Crippen LogP contribution in [0.5, 0.6) is 0 Å². The van der Waals surface area contributed by atoms with Crippen molar-refractivity contribution in [2.75, 3.05) is 5.32 Å². The number of nitrogens with one attached hydrogen (secondary N) is 1. The molecule has 0 saturated heterocycles. The van der Waals surface area contributed by atoms with Gasteiger partial charge in [0.25, 0.3) is 0 Å². The van der Waals surface area contributed by atoms with E-state index in [1.807, 2.05) is 51.1 Å². The third kappa shape index (κ3) is 4.16. The molecule has 3 aromatic heterocycles. The Morgan fingerprint density at radius 3 is 2.61 bits per heavy atom. The Labute approximate surface area is 183 Å². The summed E-state index contributed by atoms with van der Waals surface area (Å²) in [5.41, 5.74) is 1.96. The second-order valence-electron chi connectivity index (χ2n) is 8.79. The number of thiazole rings is 1.